The quantitative estimate of drug-likeness (QED) is 0.181. The van der Waals surface area contributed by atoms with E-state index < -0.39 is 0 Å². The van der Waals surface area contributed by atoms with Crippen molar-refractivity contribution in [3.8, 4) is 32.8 Å². The van der Waals surface area contributed by atoms with Gasteiger partial charge >= 0.3 is 0 Å². The molecule has 0 atom stereocenters. The Balaban J connectivity index is 1.19. The highest BCUT2D eigenvalue weighted by molar-refractivity contribution is 7.27. The second kappa shape index (κ2) is 11.7. The van der Waals surface area contributed by atoms with E-state index in [0.29, 0.717) is 0 Å². The molecule has 9 aromatic rings. The zero-order valence-corrected chi connectivity index (χ0v) is 27.0. The molecule has 0 radical (unpaired) electrons. The predicted molar refractivity (Wildman–Crippen MR) is 203 cm³/mol. The van der Waals surface area contributed by atoms with Gasteiger partial charge in [0.1, 0.15) is 5.01 Å². The van der Waals surface area contributed by atoms with Crippen LogP contribution in [-0.2, 0) is 0 Å². The van der Waals surface area contributed by atoms with Gasteiger partial charge in [-0.3, -0.25) is 0 Å². The molecule has 4 heteroatoms. The second-order valence-electron chi connectivity index (χ2n) is 11.6. The average molecular weight is 637 g/mol. The maximum Gasteiger partial charge on any atom is 0.124 e. The molecule has 9 rings (SSSR count). The molecule has 0 aliphatic heterocycles. The molecule has 0 saturated carbocycles. The summed E-state index contributed by atoms with van der Waals surface area (Å²) in [5.41, 5.74) is 10.4. The zero-order valence-electron chi connectivity index (χ0n) is 25.4. The van der Waals surface area contributed by atoms with Gasteiger partial charge in [0.2, 0.25) is 0 Å². The maximum absolute atomic E-state index is 5.28. The van der Waals surface area contributed by atoms with Crippen molar-refractivity contribution >= 4 is 70.1 Å². The molecule has 2 aromatic heterocycles. The Bertz CT molecular complexity index is 2480. The van der Waals surface area contributed by atoms with E-state index in [1.165, 1.54) is 47.1 Å². The number of aromatic nitrogens is 1. The van der Waals surface area contributed by atoms with Gasteiger partial charge in [-0.25, -0.2) is 4.98 Å². The SMILES string of the molecule is c1ccc(-c2ccc(N(c3ccccc3)c3ccc(-c4c5nc(-c6ccccc6)sc5cc5c4sc4ccccc45)cc3)cc2)cc1. The van der Waals surface area contributed by atoms with Gasteiger partial charge in [0.25, 0.3) is 0 Å². The van der Waals surface area contributed by atoms with Crippen LogP contribution in [0, 0.1) is 0 Å². The van der Waals surface area contributed by atoms with Crippen LogP contribution in [0.15, 0.2) is 170 Å². The van der Waals surface area contributed by atoms with Crippen molar-refractivity contribution < 1.29 is 0 Å². The first-order valence-corrected chi connectivity index (χ1v) is 17.3. The Labute approximate surface area is 281 Å². The van der Waals surface area contributed by atoms with Crippen LogP contribution in [0.5, 0.6) is 0 Å². The summed E-state index contributed by atoms with van der Waals surface area (Å²) in [6.07, 6.45) is 0. The van der Waals surface area contributed by atoms with Gasteiger partial charge in [-0.2, -0.15) is 0 Å². The summed E-state index contributed by atoms with van der Waals surface area (Å²) in [6.45, 7) is 0. The van der Waals surface area contributed by atoms with E-state index in [9.17, 15) is 0 Å². The van der Waals surface area contributed by atoms with E-state index in [0.717, 1.165) is 33.1 Å². The molecule has 0 bridgehead atoms. The third kappa shape index (κ3) is 4.99. The van der Waals surface area contributed by atoms with Crippen LogP contribution in [0.25, 0.3) is 63.2 Å². The second-order valence-corrected chi connectivity index (χ2v) is 13.7. The summed E-state index contributed by atoms with van der Waals surface area (Å²) in [7, 11) is 0. The van der Waals surface area contributed by atoms with Crippen molar-refractivity contribution in [3.05, 3.63) is 170 Å². The lowest BCUT2D eigenvalue weighted by Gasteiger charge is -2.26. The lowest BCUT2D eigenvalue weighted by molar-refractivity contribution is 1.28. The van der Waals surface area contributed by atoms with Crippen LogP contribution < -0.4 is 4.90 Å². The Kier molecular flexibility index (Phi) is 6.89. The smallest absolute Gasteiger partial charge is 0.124 e. The number of benzene rings is 7. The van der Waals surface area contributed by atoms with Crippen molar-refractivity contribution in [2.75, 3.05) is 4.90 Å². The molecular formula is C43H28N2S2. The fraction of sp³-hybridized carbons (Fsp3) is 0. The van der Waals surface area contributed by atoms with Gasteiger partial charge < -0.3 is 4.90 Å². The number of rotatable bonds is 6. The highest BCUT2D eigenvalue weighted by atomic mass is 32.1. The maximum atomic E-state index is 5.28. The summed E-state index contributed by atoms with van der Waals surface area (Å²) in [4.78, 5) is 7.60. The van der Waals surface area contributed by atoms with Crippen LogP contribution in [0.4, 0.5) is 17.1 Å². The fourth-order valence-electron chi connectivity index (χ4n) is 6.45. The molecule has 47 heavy (non-hydrogen) atoms. The predicted octanol–water partition coefficient (Wildman–Crippen LogP) is 13.1. The first-order valence-electron chi connectivity index (χ1n) is 15.7. The lowest BCUT2D eigenvalue weighted by Crippen LogP contribution is -2.09. The van der Waals surface area contributed by atoms with E-state index in [4.69, 9.17) is 4.98 Å². The van der Waals surface area contributed by atoms with Gasteiger partial charge in [-0.05, 0) is 65.2 Å². The molecular weight excluding hydrogens is 609 g/mol. The summed E-state index contributed by atoms with van der Waals surface area (Å²) >= 11 is 3.63. The first-order chi connectivity index (χ1) is 23.3. The first kappa shape index (κ1) is 27.7. The Hall–Kier alpha value is -5.55. The van der Waals surface area contributed by atoms with Crippen molar-refractivity contribution in [1.82, 2.24) is 4.98 Å². The number of anilines is 3. The number of para-hydroxylation sites is 1. The minimum Gasteiger partial charge on any atom is -0.311 e. The van der Waals surface area contributed by atoms with Crippen LogP contribution in [0.1, 0.15) is 0 Å². The van der Waals surface area contributed by atoms with Crippen LogP contribution in [-0.4, -0.2) is 4.98 Å². The zero-order chi connectivity index (χ0) is 31.2. The third-order valence-electron chi connectivity index (χ3n) is 8.71. The van der Waals surface area contributed by atoms with E-state index in [-0.39, 0.29) is 0 Å². The highest BCUT2D eigenvalue weighted by Gasteiger charge is 2.20. The monoisotopic (exact) mass is 636 g/mol. The molecule has 222 valence electrons. The number of thiazole rings is 1. The van der Waals surface area contributed by atoms with E-state index in [1.807, 2.05) is 11.3 Å². The van der Waals surface area contributed by atoms with Crippen LogP contribution in [0.2, 0.25) is 0 Å². The van der Waals surface area contributed by atoms with E-state index >= 15 is 0 Å². The molecule has 0 unspecified atom stereocenters. The van der Waals surface area contributed by atoms with Crippen molar-refractivity contribution in [3.63, 3.8) is 0 Å². The van der Waals surface area contributed by atoms with Crippen LogP contribution in [0.3, 0.4) is 0 Å². The van der Waals surface area contributed by atoms with Gasteiger partial charge in [-0.15, -0.1) is 22.7 Å². The van der Waals surface area contributed by atoms with Crippen LogP contribution >= 0.6 is 22.7 Å². The van der Waals surface area contributed by atoms with E-state index in [2.05, 4.69) is 175 Å². The van der Waals surface area contributed by atoms with Gasteiger partial charge in [0.05, 0.1) is 10.2 Å². The molecule has 0 amide bonds. The Morgan fingerprint density at radius 3 is 1.62 bits per heavy atom. The molecule has 7 aromatic carbocycles. The largest absolute Gasteiger partial charge is 0.311 e. The molecule has 0 spiro atoms. The minimum absolute atomic E-state index is 1.05. The summed E-state index contributed by atoms with van der Waals surface area (Å²) in [5.74, 6) is 0. The number of thiophene rings is 1. The Morgan fingerprint density at radius 2 is 0.936 bits per heavy atom. The van der Waals surface area contributed by atoms with Gasteiger partial charge in [0.15, 0.2) is 0 Å². The summed E-state index contributed by atoms with van der Waals surface area (Å²) < 4.78 is 3.80. The van der Waals surface area contributed by atoms with Crippen molar-refractivity contribution in [2.24, 2.45) is 0 Å². The molecule has 0 aliphatic carbocycles. The highest BCUT2D eigenvalue weighted by Crippen LogP contribution is 2.47. The topological polar surface area (TPSA) is 16.1 Å². The molecule has 0 fully saturated rings. The summed E-state index contributed by atoms with van der Waals surface area (Å²) in [5, 5.41) is 3.65. The Morgan fingerprint density at radius 1 is 0.404 bits per heavy atom. The molecule has 0 aliphatic rings. The lowest BCUT2D eigenvalue weighted by atomic mass is 10.0. The minimum atomic E-state index is 1.05. The van der Waals surface area contributed by atoms with Gasteiger partial charge in [0, 0.05) is 48.4 Å². The molecule has 0 N–H and O–H groups in total. The fourth-order valence-corrected chi connectivity index (χ4v) is 8.72. The average Bonchev–Trinajstić information content (AvgIpc) is 3.74. The number of fused-ring (bicyclic) bond motifs is 4. The number of nitrogens with zero attached hydrogens (tertiary/aromatic N) is 2. The van der Waals surface area contributed by atoms with Crippen molar-refractivity contribution in [1.29, 1.82) is 0 Å². The molecule has 2 nitrogen and oxygen atoms in total. The standard InChI is InChI=1S/C43H28N2S2/c1-4-12-29(13-5-1)30-20-24-34(25-21-30)45(33-16-8-3-9-17-33)35-26-22-31(23-27-35)40-41-39(47-43(44-41)32-14-6-2-7-15-32)28-37-36-18-10-11-19-38(36)46-42(37)40/h1-28H. The number of hydrogen-bond donors (Lipinski definition) is 0. The molecule has 2 heterocycles. The summed E-state index contributed by atoms with van der Waals surface area (Å²) in [6, 6.07) is 60.6. The normalized spacial score (nSPS) is 11.4. The molecule has 0 saturated heterocycles. The van der Waals surface area contributed by atoms with E-state index in [1.54, 1.807) is 11.3 Å². The van der Waals surface area contributed by atoms with Gasteiger partial charge in [-0.1, -0.05) is 121 Å². The van der Waals surface area contributed by atoms with Crippen molar-refractivity contribution in [2.45, 2.75) is 0 Å². The third-order valence-corrected chi connectivity index (χ3v) is 11.0. The number of hydrogen-bond acceptors (Lipinski definition) is 4.